The summed E-state index contributed by atoms with van der Waals surface area (Å²) in [5, 5.41) is 3.74. The largest absolute Gasteiger partial charge is 0.463 e. The molecule has 0 spiro atoms. The molecular formula is C15H20N4OS. The van der Waals surface area contributed by atoms with Crippen molar-refractivity contribution in [3.8, 4) is 6.01 Å². The summed E-state index contributed by atoms with van der Waals surface area (Å²) in [4.78, 5) is 14.1. The van der Waals surface area contributed by atoms with Gasteiger partial charge in [0.1, 0.15) is 0 Å². The fourth-order valence-corrected chi connectivity index (χ4v) is 2.52. The summed E-state index contributed by atoms with van der Waals surface area (Å²) in [7, 11) is 0. The molecule has 1 aromatic heterocycles. The first-order valence-corrected chi connectivity index (χ1v) is 7.90. The van der Waals surface area contributed by atoms with Gasteiger partial charge in [0, 0.05) is 11.4 Å². The predicted molar refractivity (Wildman–Crippen MR) is 85.1 cm³/mol. The van der Waals surface area contributed by atoms with Gasteiger partial charge in [-0.2, -0.15) is 15.0 Å². The van der Waals surface area contributed by atoms with Crippen LogP contribution < -0.4 is 10.1 Å². The zero-order valence-corrected chi connectivity index (χ0v) is 13.4. The van der Waals surface area contributed by atoms with E-state index in [1.807, 2.05) is 19.1 Å². The number of nitrogens with one attached hydrogen (secondary N) is 1. The molecule has 0 aliphatic carbocycles. The van der Waals surface area contributed by atoms with E-state index < -0.39 is 0 Å². The van der Waals surface area contributed by atoms with Crippen LogP contribution in [0.25, 0.3) is 0 Å². The molecule has 0 saturated heterocycles. The first kappa shape index (κ1) is 15.6. The van der Waals surface area contributed by atoms with Crippen LogP contribution in [0.2, 0.25) is 0 Å². The molecule has 0 bridgehead atoms. The number of nitrogens with zero attached hydrogens (tertiary/aromatic N) is 3. The zero-order valence-electron chi connectivity index (χ0n) is 12.6. The van der Waals surface area contributed by atoms with E-state index in [1.54, 1.807) is 0 Å². The Morgan fingerprint density at radius 1 is 1.19 bits per heavy atom. The first-order valence-electron chi connectivity index (χ1n) is 7.08. The normalized spacial score (nSPS) is 10.4. The molecule has 0 atom stereocenters. The Kier molecular flexibility index (Phi) is 5.80. The van der Waals surface area contributed by atoms with Gasteiger partial charge in [-0.25, -0.2) is 0 Å². The maximum absolute atomic E-state index is 5.53. The van der Waals surface area contributed by atoms with Gasteiger partial charge in [-0.1, -0.05) is 24.6 Å². The third kappa shape index (κ3) is 4.90. The molecule has 0 unspecified atom stereocenters. The smallest absolute Gasteiger partial charge is 0.322 e. The Morgan fingerprint density at radius 2 is 2.05 bits per heavy atom. The highest BCUT2D eigenvalue weighted by Gasteiger charge is 2.08. The highest BCUT2D eigenvalue weighted by molar-refractivity contribution is 7.99. The van der Waals surface area contributed by atoms with Crippen LogP contribution in [0.1, 0.15) is 25.8 Å². The Hall–Kier alpha value is -1.82. The van der Waals surface area contributed by atoms with E-state index in [0.717, 1.165) is 17.9 Å². The molecular weight excluding hydrogens is 284 g/mol. The van der Waals surface area contributed by atoms with E-state index in [9.17, 15) is 0 Å². The van der Waals surface area contributed by atoms with Crippen molar-refractivity contribution in [2.24, 2.45) is 0 Å². The van der Waals surface area contributed by atoms with E-state index in [-0.39, 0.29) is 0 Å². The lowest BCUT2D eigenvalue weighted by Crippen LogP contribution is -2.07. The molecule has 1 aromatic carbocycles. The Balaban J connectivity index is 2.22. The summed E-state index contributed by atoms with van der Waals surface area (Å²) in [6, 6.07) is 8.61. The number of benzene rings is 1. The number of anilines is 1. The maximum atomic E-state index is 5.53. The monoisotopic (exact) mass is 304 g/mol. The molecule has 2 rings (SSSR count). The highest BCUT2D eigenvalue weighted by atomic mass is 32.2. The number of hydrogen-bond donors (Lipinski definition) is 1. The fraction of sp³-hybridized carbons (Fsp3) is 0.400. The van der Waals surface area contributed by atoms with Gasteiger partial charge >= 0.3 is 6.01 Å². The van der Waals surface area contributed by atoms with Gasteiger partial charge in [-0.3, -0.25) is 0 Å². The molecule has 0 saturated carbocycles. The quantitative estimate of drug-likeness (QED) is 0.844. The zero-order chi connectivity index (χ0) is 15.1. The summed E-state index contributed by atoms with van der Waals surface area (Å²) < 4.78 is 5.53. The van der Waals surface area contributed by atoms with Crippen LogP contribution in [0.3, 0.4) is 0 Å². The van der Waals surface area contributed by atoms with Crippen LogP contribution in [0.5, 0.6) is 6.01 Å². The SMILES string of the molecule is CCCOc1nc(NCC)nc(Sc2cccc(C)c2)n1. The topological polar surface area (TPSA) is 59.9 Å². The van der Waals surface area contributed by atoms with Crippen LogP contribution in [0.4, 0.5) is 5.95 Å². The second kappa shape index (κ2) is 7.83. The van der Waals surface area contributed by atoms with E-state index in [2.05, 4.69) is 46.2 Å². The Bertz CT molecular complexity index is 592. The molecule has 0 aliphatic rings. The van der Waals surface area contributed by atoms with Crippen LogP contribution in [0, 0.1) is 6.92 Å². The molecule has 0 amide bonds. The molecule has 112 valence electrons. The van der Waals surface area contributed by atoms with E-state index in [1.165, 1.54) is 17.3 Å². The van der Waals surface area contributed by atoms with E-state index in [4.69, 9.17) is 4.74 Å². The van der Waals surface area contributed by atoms with Crippen molar-refractivity contribution >= 4 is 17.7 Å². The van der Waals surface area contributed by atoms with Crippen LogP contribution in [-0.2, 0) is 0 Å². The number of ether oxygens (including phenoxy) is 1. The second-order valence-corrected chi connectivity index (χ2v) is 5.56. The summed E-state index contributed by atoms with van der Waals surface area (Å²) in [6.07, 6.45) is 0.919. The third-order valence-electron chi connectivity index (χ3n) is 2.56. The minimum absolute atomic E-state index is 0.373. The van der Waals surface area contributed by atoms with Crippen molar-refractivity contribution < 1.29 is 4.74 Å². The van der Waals surface area contributed by atoms with Crippen LogP contribution in [0.15, 0.2) is 34.3 Å². The standard InChI is InChI=1S/C15H20N4OS/c1-4-9-20-14-17-13(16-5-2)18-15(19-14)21-12-8-6-7-11(3)10-12/h6-8,10H,4-5,9H2,1-3H3,(H,16,17,18,19). The molecule has 1 N–H and O–H groups in total. The summed E-state index contributed by atoms with van der Waals surface area (Å²) in [5.74, 6) is 0.550. The second-order valence-electron chi connectivity index (χ2n) is 4.52. The minimum Gasteiger partial charge on any atom is -0.463 e. The van der Waals surface area contributed by atoms with Gasteiger partial charge in [0.2, 0.25) is 11.1 Å². The molecule has 5 nitrogen and oxygen atoms in total. The molecule has 0 fully saturated rings. The third-order valence-corrected chi connectivity index (χ3v) is 3.42. The Morgan fingerprint density at radius 3 is 2.76 bits per heavy atom. The molecule has 2 aromatic rings. The van der Waals surface area contributed by atoms with Gasteiger partial charge in [0.05, 0.1) is 6.61 Å². The lowest BCUT2D eigenvalue weighted by molar-refractivity contribution is 0.288. The van der Waals surface area contributed by atoms with Crippen LogP contribution >= 0.6 is 11.8 Å². The first-order chi connectivity index (χ1) is 10.2. The van der Waals surface area contributed by atoms with Crippen molar-refractivity contribution in [2.45, 2.75) is 37.2 Å². The van der Waals surface area contributed by atoms with Gasteiger partial charge in [0.15, 0.2) is 0 Å². The highest BCUT2D eigenvalue weighted by Crippen LogP contribution is 2.26. The minimum atomic E-state index is 0.373. The molecule has 0 radical (unpaired) electrons. The maximum Gasteiger partial charge on any atom is 0.322 e. The number of hydrogen-bond acceptors (Lipinski definition) is 6. The van der Waals surface area contributed by atoms with Crippen molar-refractivity contribution in [1.82, 2.24) is 15.0 Å². The lowest BCUT2D eigenvalue weighted by atomic mass is 10.2. The van der Waals surface area contributed by atoms with Crippen molar-refractivity contribution in [1.29, 1.82) is 0 Å². The summed E-state index contributed by atoms with van der Waals surface area (Å²) >= 11 is 1.51. The van der Waals surface area contributed by atoms with Gasteiger partial charge in [-0.05, 0) is 44.2 Å². The van der Waals surface area contributed by atoms with E-state index in [0.29, 0.717) is 23.7 Å². The van der Waals surface area contributed by atoms with Gasteiger partial charge in [-0.15, -0.1) is 0 Å². The average Bonchev–Trinajstić information content (AvgIpc) is 2.45. The molecule has 1 heterocycles. The van der Waals surface area contributed by atoms with Crippen molar-refractivity contribution in [2.75, 3.05) is 18.5 Å². The predicted octanol–water partition coefficient (Wildman–Crippen LogP) is 3.55. The fourth-order valence-electron chi connectivity index (χ4n) is 1.66. The van der Waals surface area contributed by atoms with Crippen molar-refractivity contribution in [3.05, 3.63) is 29.8 Å². The van der Waals surface area contributed by atoms with Crippen molar-refractivity contribution in [3.63, 3.8) is 0 Å². The summed E-state index contributed by atoms with van der Waals surface area (Å²) in [6.45, 7) is 7.48. The van der Waals surface area contributed by atoms with E-state index >= 15 is 0 Å². The average molecular weight is 304 g/mol. The van der Waals surface area contributed by atoms with Crippen LogP contribution in [-0.4, -0.2) is 28.1 Å². The molecule has 21 heavy (non-hydrogen) atoms. The molecule has 0 aliphatic heterocycles. The number of rotatable bonds is 7. The summed E-state index contributed by atoms with van der Waals surface area (Å²) in [5.41, 5.74) is 1.21. The number of aromatic nitrogens is 3. The Labute approximate surface area is 129 Å². The number of aryl methyl sites for hydroxylation is 1. The lowest BCUT2D eigenvalue weighted by Gasteiger charge is -2.08. The molecule has 6 heteroatoms. The van der Waals surface area contributed by atoms with Gasteiger partial charge < -0.3 is 10.1 Å². The van der Waals surface area contributed by atoms with Gasteiger partial charge in [0.25, 0.3) is 0 Å².